The number of allylic oxidation sites excluding steroid dienone is 1. The Hall–Kier alpha value is -2.04. The second-order valence-corrected chi connectivity index (χ2v) is 2.20. The van der Waals surface area contributed by atoms with E-state index < -0.39 is 10.7 Å². The summed E-state index contributed by atoms with van der Waals surface area (Å²) in [5, 5.41) is 10.4. The maximum Gasteiger partial charge on any atom is 0.298 e. The van der Waals surface area contributed by atoms with Crippen molar-refractivity contribution in [2.75, 3.05) is 0 Å². The molecule has 0 aliphatic rings. The number of hydrogen-bond acceptors (Lipinski definition) is 4. The molecule has 0 spiro atoms. The van der Waals surface area contributed by atoms with Gasteiger partial charge < -0.3 is 0 Å². The quantitative estimate of drug-likeness (QED) is 0.303. The molecule has 0 amide bonds. The smallest absolute Gasteiger partial charge is 0.287 e. The molecule has 0 N–H and O–H groups in total. The highest BCUT2D eigenvalue weighted by atomic mass is 16.6. The molecule has 0 aromatic carbocycles. The number of pyridine rings is 1. The predicted molar refractivity (Wildman–Crippen MR) is 45.4 cm³/mol. The molecule has 0 unspecified atom stereocenters. The van der Waals surface area contributed by atoms with Gasteiger partial charge in [-0.15, -0.1) is 0 Å². The molecule has 0 saturated heterocycles. The fraction of sp³-hybridized carbons (Fsp3) is 0. The van der Waals surface area contributed by atoms with E-state index in [0.717, 1.165) is 6.08 Å². The lowest BCUT2D eigenvalue weighted by Crippen LogP contribution is -2.03. The summed E-state index contributed by atoms with van der Waals surface area (Å²) < 4.78 is 0. The van der Waals surface area contributed by atoms with Gasteiger partial charge in [-0.25, -0.2) is 4.98 Å². The third-order valence-corrected chi connectivity index (χ3v) is 1.40. The van der Waals surface area contributed by atoms with Crippen molar-refractivity contribution in [3.63, 3.8) is 0 Å². The van der Waals surface area contributed by atoms with Crippen molar-refractivity contribution in [3.05, 3.63) is 46.8 Å². The van der Waals surface area contributed by atoms with Crippen LogP contribution in [0.5, 0.6) is 0 Å². The fourth-order valence-corrected chi connectivity index (χ4v) is 0.831. The van der Waals surface area contributed by atoms with Crippen LogP contribution in [0.4, 0.5) is 5.69 Å². The summed E-state index contributed by atoms with van der Waals surface area (Å²) in [5.74, 6) is -0.549. The lowest BCUT2D eigenvalue weighted by Gasteiger charge is -1.95. The van der Waals surface area contributed by atoms with Crippen molar-refractivity contribution < 1.29 is 9.72 Å². The van der Waals surface area contributed by atoms with Crippen LogP contribution in [0, 0.1) is 10.1 Å². The Balaban J connectivity index is 3.27. The van der Waals surface area contributed by atoms with Gasteiger partial charge in [0.2, 0.25) is 5.78 Å². The third kappa shape index (κ3) is 1.76. The zero-order chi connectivity index (χ0) is 9.84. The minimum Gasteiger partial charge on any atom is -0.287 e. The molecule has 0 aliphatic carbocycles. The van der Waals surface area contributed by atoms with Crippen molar-refractivity contribution in [3.8, 4) is 0 Å². The van der Waals surface area contributed by atoms with Crippen LogP contribution in [0.1, 0.15) is 10.5 Å². The molecule has 1 heterocycles. The first kappa shape index (κ1) is 9.05. The van der Waals surface area contributed by atoms with Gasteiger partial charge in [0.25, 0.3) is 5.69 Å². The summed E-state index contributed by atoms with van der Waals surface area (Å²) in [7, 11) is 0. The average molecular weight is 178 g/mol. The van der Waals surface area contributed by atoms with Crippen LogP contribution in [0.3, 0.4) is 0 Å². The predicted octanol–water partition coefficient (Wildman–Crippen LogP) is 1.36. The summed E-state index contributed by atoms with van der Waals surface area (Å²) >= 11 is 0. The van der Waals surface area contributed by atoms with Crippen LogP contribution in [-0.4, -0.2) is 15.7 Å². The highest BCUT2D eigenvalue weighted by Gasteiger charge is 2.18. The van der Waals surface area contributed by atoms with Gasteiger partial charge in [0, 0.05) is 12.3 Å². The third-order valence-electron chi connectivity index (χ3n) is 1.40. The van der Waals surface area contributed by atoms with Gasteiger partial charge in [-0.3, -0.25) is 14.9 Å². The number of nitrogens with zero attached hydrogens (tertiary/aromatic N) is 2. The van der Waals surface area contributed by atoms with Crippen LogP contribution in [0.25, 0.3) is 0 Å². The Kier molecular flexibility index (Phi) is 2.49. The summed E-state index contributed by atoms with van der Waals surface area (Å²) in [5.41, 5.74) is -0.477. The molecular weight excluding hydrogens is 172 g/mol. The second kappa shape index (κ2) is 3.57. The minimum atomic E-state index is -0.649. The van der Waals surface area contributed by atoms with Crippen LogP contribution in [-0.2, 0) is 0 Å². The van der Waals surface area contributed by atoms with Gasteiger partial charge in [-0.05, 0) is 12.1 Å². The molecular formula is C8H6N2O3. The lowest BCUT2D eigenvalue weighted by atomic mass is 10.2. The first-order chi connectivity index (χ1) is 6.16. The zero-order valence-electron chi connectivity index (χ0n) is 6.64. The molecule has 1 aromatic heterocycles. The standard InChI is InChI=1S/C8H6N2O3/c1-2-7(11)8-6(10(12)13)4-3-5-9-8/h2-5H,1H2. The van der Waals surface area contributed by atoms with Gasteiger partial charge in [0.1, 0.15) is 0 Å². The average Bonchev–Trinajstić information content (AvgIpc) is 2.16. The monoisotopic (exact) mass is 178 g/mol. The van der Waals surface area contributed by atoms with Crippen LogP contribution in [0.15, 0.2) is 31.0 Å². The molecule has 1 aromatic rings. The van der Waals surface area contributed by atoms with Crippen LogP contribution in [0.2, 0.25) is 0 Å². The zero-order valence-corrected chi connectivity index (χ0v) is 6.64. The van der Waals surface area contributed by atoms with Gasteiger partial charge in [-0.2, -0.15) is 0 Å². The number of aromatic nitrogens is 1. The molecule has 66 valence electrons. The van der Waals surface area contributed by atoms with Gasteiger partial charge in [0.15, 0.2) is 5.69 Å². The van der Waals surface area contributed by atoms with Crippen molar-refractivity contribution in [2.24, 2.45) is 0 Å². The highest BCUT2D eigenvalue weighted by molar-refractivity contribution is 6.05. The van der Waals surface area contributed by atoms with Crippen LogP contribution < -0.4 is 0 Å². The molecule has 0 fully saturated rings. The van der Waals surface area contributed by atoms with E-state index in [1.807, 2.05) is 0 Å². The topological polar surface area (TPSA) is 73.1 Å². The Labute approximate surface area is 73.9 Å². The summed E-state index contributed by atoms with van der Waals surface area (Å²) in [4.78, 5) is 24.4. The molecule has 0 atom stereocenters. The maximum absolute atomic E-state index is 11.1. The molecule has 1 rings (SSSR count). The van der Waals surface area contributed by atoms with Crippen molar-refractivity contribution in [2.45, 2.75) is 0 Å². The first-order valence-corrected chi connectivity index (χ1v) is 3.43. The fourth-order valence-electron chi connectivity index (χ4n) is 0.831. The molecule has 0 radical (unpaired) electrons. The number of hydrogen-bond donors (Lipinski definition) is 0. The van der Waals surface area contributed by atoms with Gasteiger partial charge in [-0.1, -0.05) is 6.58 Å². The number of rotatable bonds is 3. The molecule has 13 heavy (non-hydrogen) atoms. The van der Waals surface area contributed by atoms with E-state index in [4.69, 9.17) is 0 Å². The molecule has 5 nitrogen and oxygen atoms in total. The number of carbonyl (C=O) groups excluding carboxylic acids is 1. The SMILES string of the molecule is C=CC(=O)c1ncccc1[N+](=O)[O-]. The van der Waals surface area contributed by atoms with E-state index in [2.05, 4.69) is 11.6 Å². The highest BCUT2D eigenvalue weighted by Crippen LogP contribution is 2.15. The molecule has 0 bridgehead atoms. The van der Waals surface area contributed by atoms with Crippen molar-refractivity contribution in [1.82, 2.24) is 4.98 Å². The Morgan fingerprint density at radius 3 is 2.92 bits per heavy atom. The summed E-state index contributed by atoms with van der Waals surface area (Å²) in [6.07, 6.45) is 2.32. The first-order valence-electron chi connectivity index (χ1n) is 3.43. The van der Waals surface area contributed by atoms with E-state index >= 15 is 0 Å². The molecule has 5 heteroatoms. The second-order valence-electron chi connectivity index (χ2n) is 2.20. The van der Waals surface area contributed by atoms with E-state index in [0.29, 0.717) is 0 Å². The van der Waals surface area contributed by atoms with Gasteiger partial charge in [0.05, 0.1) is 4.92 Å². The van der Waals surface area contributed by atoms with E-state index in [9.17, 15) is 14.9 Å². The number of carbonyl (C=O) groups is 1. The van der Waals surface area contributed by atoms with E-state index in [1.54, 1.807) is 0 Å². The summed E-state index contributed by atoms with van der Waals surface area (Å²) in [6, 6.07) is 2.63. The number of ketones is 1. The van der Waals surface area contributed by atoms with E-state index in [-0.39, 0.29) is 11.4 Å². The lowest BCUT2D eigenvalue weighted by molar-refractivity contribution is -0.385. The van der Waals surface area contributed by atoms with Gasteiger partial charge >= 0.3 is 0 Å². The Morgan fingerprint density at radius 2 is 2.38 bits per heavy atom. The Bertz CT molecular complexity index is 373. The van der Waals surface area contributed by atoms with E-state index in [1.165, 1.54) is 18.3 Å². The Morgan fingerprint density at radius 1 is 1.69 bits per heavy atom. The summed E-state index contributed by atoms with van der Waals surface area (Å²) in [6.45, 7) is 3.23. The normalized spacial score (nSPS) is 9.23. The van der Waals surface area contributed by atoms with Crippen molar-refractivity contribution >= 4 is 11.5 Å². The maximum atomic E-state index is 11.1. The largest absolute Gasteiger partial charge is 0.298 e. The molecule has 0 saturated carbocycles. The molecule has 0 aliphatic heterocycles. The van der Waals surface area contributed by atoms with Crippen LogP contribution >= 0.6 is 0 Å². The number of nitro groups is 1. The minimum absolute atomic E-state index is 0.178. The van der Waals surface area contributed by atoms with Crippen molar-refractivity contribution in [1.29, 1.82) is 0 Å².